The highest BCUT2D eigenvalue weighted by molar-refractivity contribution is 9.10. The first-order valence-electron chi connectivity index (χ1n) is 4.58. The van der Waals surface area contributed by atoms with Crippen molar-refractivity contribution in [2.24, 2.45) is 0 Å². The molecule has 0 aliphatic rings. The number of methoxy groups -OCH3 is 2. The number of hydrogen-bond acceptors (Lipinski definition) is 4. The van der Waals surface area contributed by atoms with Crippen molar-refractivity contribution < 1.29 is 14.3 Å². The predicted octanol–water partition coefficient (Wildman–Crippen LogP) is 3.01. The highest BCUT2D eigenvalue weighted by atomic mass is 79.9. The molecule has 0 aliphatic carbocycles. The van der Waals surface area contributed by atoms with Gasteiger partial charge in [0.25, 0.3) is 0 Å². The second-order valence-corrected chi connectivity index (χ2v) is 4.68. The lowest BCUT2D eigenvalue weighted by Crippen LogP contribution is -2.05. The Kier molecular flexibility index (Phi) is 5.15. The largest absolute Gasteiger partial charge is 0.495 e. The molecule has 0 unspecified atom stereocenters. The van der Waals surface area contributed by atoms with Crippen molar-refractivity contribution in [1.29, 1.82) is 0 Å². The molecule has 88 valence electrons. The third-order valence-electron chi connectivity index (χ3n) is 2.06. The van der Waals surface area contributed by atoms with Gasteiger partial charge in [0.2, 0.25) is 0 Å². The predicted molar refractivity (Wildman–Crippen MR) is 70.0 cm³/mol. The Bertz CT molecular complexity index is 393. The van der Waals surface area contributed by atoms with Gasteiger partial charge in [0.05, 0.1) is 25.5 Å². The molecule has 16 heavy (non-hydrogen) atoms. The molecule has 0 N–H and O–H groups in total. The van der Waals surface area contributed by atoms with Crippen LogP contribution in [0.5, 0.6) is 11.5 Å². The van der Waals surface area contributed by atoms with Crippen LogP contribution in [0, 0.1) is 0 Å². The minimum absolute atomic E-state index is 0.0488. The first-order valence-corrected chi connectivity index (χ1v) is 6.77. The van der Waals surface area contributed by atoms with Gasteiger partial charge in [-0.3, -0.25) is 4.79 Å². The van der Waals surface area contributed by atoms with E-state index in [-0.39, 0.29) is 5.78 Å². The monoisotopic (exact) mass is 304 g/mol. The van der Waals surface area contributed by atoms with E-state index >= 15 is 0 Å². The average molecular weight is 305 g/mol. The Morgan fingerprint density at radius 3 is 2.56 bits per heavy atom. The van der Waals surface area contributed by atoms with Gasteiger partial charge in [-0.15, -0.1) is 0 Å². The minimum atomic E-state index is 0.0488. The number of ketones is 1. The SMILES string of the molecule is COc1ccc(C(=O)CSC)c(OC)c1Br. The molecule has 1 aromatic rings. The first-order chi connectivity index (χ1) is 7.65. The van der Waals surface area contributed by atoms with E-state index in [2.05, 4.69) is 15.9 Å². The van der Waals surface area contributed by atoms with Crippen molar-refractivity contribution >= 4 is 33.5 Å². The van der Waals surface area contributed by atoms with Crippen molar-refractivity contribution in [2.45, 2.75) is 0 Å². The molecule has 0 bridgehead atoms. The first kappa shape index (κ1) is 13.4. The van der Waals surface area contributed by atoms with E-state index < -0.39 is 0 Å². The zero-order valence-corrected chi connectivity index (χ0v) is 11.8. The van der Waals surface area contributed by atoms with Gasteiger partial charge in [-0.2, -0.15) is 11.8 Å². The molecule has 0 saturated carbocycles. The molecule has 0 saturated heterocycles. The van der Waals surface area contributed by atoms with Crippen LogP contribution in [0.2, 0.25) is 0 Å². The average Bonchev–Trinajstić information content (AvgIpc) is 2.28. The summed E-state index contributed by atoms with van der Waals surface area (Å²) in [6, 6.07) is 3.47. The number of thioether (sulfide) groups is 1. The van der Waals surface area contributed by atoms with Crippen molar-refractivity contribution in [2.75, 3.05) is 26.2 Å². The summed E-state index contributed by atoms with van der Waals surface area (Å²) >= 11 is 4.85. The van der Waals surface area contributed by atoms with Gasteiger partial charge in [-0.25, -0.2) is 0 Å². The fourth-order valence-corrected chi connectivity index (χ4v) is 2.41. The molecule has 0 radical (unpaired) electrons. The Morgan fingerprint density at radius 2 is 2.06 bits per heavy atom. The number of carbonyl (C=O) groups is 1. The van der Waals surface area contributed by atoms with Crippen LogP contribution in [-0.4, -0.2) is 32.0 Å². The Hall–Kier alpha value is -0.680. The van der Waals surface area contributed by atoms with E-state index in [0.29, 0.717) is 27.3 Å². The van der Waals surface area contributed by atoms with Crippen LogP contribution in [0.1, 0.15) is 10.4 Å². The fraction of sp³-hybridized carbons (Fsp3) is 0.364. The molecular weight excluding hydrogens is 292 g/mol. The maximum atomic E-state index is 11.8. The van der Waals surface area contributed by atoms with Crippen LogP contribution < -0.4 is 9.47 Å². The zero-order valence-electron chi connectivity index (χ0n) is 9.37. The second-order valence-electron chi connectivity index (χ2n) is 3.02. The molecule has 0 amide bonds. The quantitative estimate of drug-likeness (QED) is 0.783. The Balaban J connectivity index is 3.20. The summed E-state index contributed by atoms with van der Waals surface area (Å²) < 4.78 is 11.0. The summed E-state index contributed by atoms with van der Waals surface area (Å²) in [5.41, 5.74) is 0.574. The van der Waals surface area contributed by atoms with Gasteiger partial charge < -0.3 is 9.47 Å². The van der Waals surface area contributed by atoms with Gasteiger partial charge >= 0.3 is 0 Å². The van der Waals surface area contributed by atoms with Gasteiger partial charge in [-0.1, -0.05) is 0 Å². The summed E-state index contributed by atoms with van der Waals surface area (Å²) in [5.74, 6) is 1.67. The zero-order chi connectivity index (χ0) is 12.1. The van der Waals surface area contributed by atoms with Crippen molar-refractivity contribution in [1.82, 2.24) is 0 Å². The lowest BCUT2D eigenvalue weighted by atomic mass is 10.1. The van der Waals surface area contributed by atoms with Gasteiger partial charge in [0.1, 0.15) is 16.0 Å². The summed E-state index contributed by atoms with van der Waals surface area (Å²) in [5, 5.41) is 0. The summed E-state index contributed by atoms with van der Waals surface area (Å²) in [6.07, 6.45) is 1.89. The van der Waals surface area contributed by atoms with Crippen LogP contribution in [0.4, 0.5) is 0 Å². The van der Waals surface area contributed by atoms with E-state index in [1.807, 2.05) is 6.26 Å². The van der Waals surface area contributed by atoms with Crippen molar-refractivity contribution in [3.63, 3.8) is 0 Å². The summed E-state index contributed by atoms with van der Waals surface area (Å²) in [7, 11) is 3.11. The molecule has 0 fully saturated rings. The van der Waals surface area contributed by atoms with Crippen molar-refractivity contribution in [3.05, 3.63) is 22.2 Å². The van der Waals surface area contributed by atoms with Crippen LogP contribution in [0.15, 0.2) is 16.6 Å². The summed E-state index contributed by atoms with van der Waals surface area (Å²) in [4.78, 5) is 11.8. The lowest BCUT2D eigenvalue weighted by molar-refractivity contribution is 0.101. The third kappa shape index (κ3) is 2.71. The van der Waals surface area contributed by atoms with Gasteiger partial charge in [0.15, 0.2) is 5.78 Å². The standard InChI is InChI=1S/C11H13BrO3S/c1-14-9-5-4-7(8(13)6-16-3)11(15-2)10(9)12/h4-5H,6H2,1-3H3. The molecule has 0 spiro atoms. The van der Waals surface area contributed by atoms with Crippen LogP contribution in [0.25, 0.3) is 0 Å². The molecule has 5 heteroatoms. The molecule has 0 aliphatic heterocycles. The topological polar surface area (TPSA) is 35.5 Å². The number of ether oxygens (including phenoxy) is 2. The Labute approximate surface area is 108 Å². The molecule has 3 nitrogen and oxygen atoms in total. The number of hydrogen-bond donors (Lipinski definition) is 0. The highest BCUT2D eigenvalue weighted by Crippen LogP contribution is 2.37. The van der Waals surface area contributed by atoms with Crippen LogP contribution in [-0.2, 0) is 0 Å². The molecule has 0 atom stereocenters. The maximum absolute atomic E-state index is 11.8. The van der Waals surface area contributed by atoms with Crippen LogP contribution in [0.3, 0.4) is 0 Å². The van der Waals surface area contributed by atoms with Gasteiger partial charge in [-0.05, 0) is 34.3 Å². The van der Waals surface area contributed by atoms with E-state index in [0.717, 1.165) is 0 Å². The molecule has 0 heterocycles. The van der Waals surface area contributed by atoms with Gasteiger partial charge in [0, 0.05) is 0 Å². The van der Waals surface area contributed by atoms with Crippen LogP contribution >= 0.6 is 27.7 Å². The molecule has 1 rings (SSSR count). The number of Topliss-reactive ketones (excluding diaryl/α,β-unsaturated/α-hetero) is 1. The normalized spacial score (nSPS) is 10.0. The van der Waals surface area contributed by atoms with E-state index in [9.17, 15) is 4.79 Å². The smallest absolute Gasteiger partial charge is 0.176 e. The highest BCUT2D eigenvalue weighted by Gasteiger charge is 2.17. The molecule has 1 aromatic carbocycles. The van der Waals surface area contributed by atoms with E-state index in [1.165, 1.54) is 18.9 Å². The van der Waals surface area contributed by atoms with E-state index in [4.69, 9.17) is 9.47 Å². The molecular formula is C11H13BrO3S. The Morgan fingerprint density at radius 1 is 1.38 bits per heavy atom. The molecule has 0 aromatic heterocycles. The lowest BCUT2D eigenvalue weighted by Gasteiger charge is -2.12. The minimum Gasteiger partial charge on any atom is -0.495 e. The second kappa shape index (κ2) is 6.15. The number of carbonyl (C=O) groups excluding carboxylic acids is 1. The third-order valence-corrected chi connectivity index (χ3v) is 3.36. The fourth-order valence-electron chi connectivity index (χ4n) is 1.32. The number of rotatable bonds is 5. The number of benzene rings is 1. The summed E-state index contributed by atoms with van der Waals surface area (Å²) in [6.45, 7) is 0. The van der Waals surface area contributed by atoms with E-state index in [1.54, 1.807) is 19.2 Å². The number of halogens is 1. The maximum Gasteiger partial charge on any atom is 0.176 e. The van der Waals surface area contributed by atoms with Crippen molar-refractivity contribution in [3.8, 4) is 11.5 Å².